The molecule has 94 valence electrons. The van der Waals surface area contributed by atoms with Crippen LogP contribution in [0.15, 0.2) is 0 Å². The SMILES string of the molecule is FC(F)CN1CCN(C2CCNCC2)CC1. The Morgan fingerprint density at radius 1 is 1.06 bits per heavy atom. The second-order valence-electron chi connectivity index (χ2n) is 4.71. The van der Waals surface area contributed by atoms with Crippen molar-refractivity contribution in [3.8, 4) is 0 Å². The van der Waals surface area contributed by atoms with Gasteiger partial charge in [0.15, 0.2) is 0 Å². The minimum absolute atomic E-state index is 0.0555. The second-order valence-corrected chi connectivity index (χ2v) is 4.71. The van der Waals surface area contributed by atoms with Crippen LogP contribution < -0.4 is 5.32 Å². The number of nitrogens with one attached hydrogen (secondary N) is 1. The summed E-state index contributed by atoms with van der Waals surface area (Å²) in [5, 5.41) is 3.35. The molecule has 2 heterocycles. The summed E-state index contributed by atoms with van der Waals surface area (Å²) in [7, 11) is 0. The molecule has 0 aromatic rings. The molecule has 2 fully saturated rings. The third-order valence-electron chi connectivity index (χ3n) is 3.63. The van der Waals surface area contributed by atoms with E-state index >= 15 is 0 Å². The first-order chi connectivity index (χ1) is 7.75. The highest BCUT2D eigenvalue weighted by atomic mass is 19.3. The van der Waals surface area contributed by atoms with Crippen LogP contribution in [0.4, 0.5) is 8.78 Å². The molecule has 0 atom stereocenters. The van der Waals surface area contributed by atoms with Crippen molar-refractivity contribution in [1.29, 1.82) is 0 Å². The van der Waals surface area contributed by atoms with Crippen LogP contribution in [0.2, 0.25) is 0 Å². The molecule has 0 bridgehead atoms. The molecule has 2 aliphatic rings. The van der Waals surface area contributed by atoms with E-state index in [4.69, 9.17) is 0 Å². The summed E-state index contributed by atoms with van der Waals surface area (Å²) < 4.78 is 24.4. The second kappa shape index (κ2) is 5.89. The topological polar surface area (TPSA) is 18.5 Å². The average Bonchev–Trinajstić information content (AvgIpc) is 2.30. The molecule has 1 N–H and O–H groups in total. The maximum Gasteiger partial charge on any atom is 0.251 e. The van der Waals surface area contributed by atoms with Gasteiger partial charge in [-0.2, -0.15) is 0 Å². The molecule has 0 spiro atoms. The summed E-state index contributed by atoms with van der Waals surface area (Å²) in [6.45, 7) is 5.65. The van der Waals surface area contributed by atoms with Crippen LogP contribution in [-0.2, 0) is 0 Å². The van der Waals surface area contributed by atoms with Crippen molar-refractivity contribution in [2.45, 2.75) is 25.3 Å². The number of hydrogen-bond donors (Lipinski definition) is 1. The minimum atomic E-state index is -2.19. The van der Waals surface area contributed by atoms with Gasteiger partial charge in [0.2, 0.25) is 0 Å². The number of nitrogens with zero attached hydrogens (tertiary/aromatic N) is 2. The highest BCUT2D eigenvalue weighted by molar-refractivity contribution is 4.82. The van der Waals surface area contributed by atoms with E-state index in [1.807, 2.05) is 4.90 Å². The smallest absolute Gasteiger partial charge is 0.251 e. The van der Waals surface area contributed by atoms with Gasteiger partial charge in [0.25, 0.3) is 6.43 Å². The monoisotopic (exact) mass is 233 g/mol. The Morgan fingerprint density at radius 3 is 2.25 bits per heavy atom. The van der Waals surface area contributed by atoms with E-state index < -0.39 is 6.43 Å². The van der Waals surface area contributed by atoms with E-state index in [0.29, 0.717) is 6.04 Å². The fraction of sp³-hybridized carbons (Fsp3) is 1.00. The minimum Gasteiger partial charge on any atom is -0.317 e. The molecule has 0 radical (unpaired) electrons. The van der Waals surface area contributed by atoms with Gasteiger partial charge in [-0.05, 0) is 25.9 Å². The Morgan fingerprint density at radius 2 is 1.69 bits per heavy atom. The van der Waals surface area contributed by atoms with Crippen molar-refractivity contribution in [3.63, 3.8) is 0 Å². The maximum absolute atomic E-state index is 12.2. The summed E-state index contributed by atoms with van der Waals surface area (Å²) in [5.74, 6) is 0. The van der Waals surface area contributed by atoms with Crippen molar-refractivity contribution in [1.82, 2.24) is 15.1 Å². The lowest BCUT2D eigenvalue weighted by Gasteiger charge is -2.40. The predicted octanol–water partition coefficient (Wildman–Crippen LogP) is 0.621. The lowest BCUT2D eigenvalue weighted by molar-refractivity contribution is 0.0381. The number of halogens is 2. The lowest BCUT2D eigenvalue weighted by atomic mass is 10.0. The van der Waals surface area contributed by atoms with E-state index in [0.717, 1.165) is 39.3 Å². The molecule has 0 unspecified atom stereocenters. The fourth-order valence-electron chi connectivity index (χ4n) is 2.68. The van der Waals surface area contributed by atoms with Crippen molar-refractivity contribution in [2.24, 2.45) is 0 Å². The number of alkyl halides is 2. The lowest BCUT2D eigenvalue weighted by Crippen LogP contribution is -2.53. The van der Waals surface area contributed by atoms with Crippen LogP contribution in [0.3, 0.4) is 0 Å². The van der Waals surface area contributed by atoms with Gasteiger partial charge in [0, 0.05) is 32.2 Å². The van der Waals surface area contributed by atoms with E-state index in [1.54, 1.807) is 0 Å². The molecule has 2 saturated heterocycles. The highest BCUT2D eigenvalue weighted by Crippen LogP contribution is 2.14. The number of rotatable bonds is 3. The van der Waals surface area contributed by atoms with Crippen LogP contribution in [0.5, 0.6) is 0 Å². The molecule has 0 saturated carbocycles. The molecule has 3 nitrogen and oxygen atoms in total. The maximum atomic E-state index is 12.2. The predicted molar refractivity (Wildman–Crippen MR) is 59.9 cm³/mol. The number of piperidine rings is 1. The van der Waals surface area contributed by atoms with Gasteiger partial charge in [-0.3, -0.25) is 9.80 Å². The highest BCUT2D eigenvalue weighted by Gasteiger charge is 2.25. The quantitative estimate of drug-likeness (QED) is 0.771. The van der Waals surface area contributed by atoms with Crippen LogP contribution in [0.1, 0.15) is 12.8 Å². The largest absolute Gasteiger partial charge is 0.317 e. The molecule has 0 aromatic heterocycles. The molecular weight excluding hydrogens is 212 g/mol. The number of piperazine rings is 1. The Balaban J connectivity index is 1.71. The van der Waals surface area contributed by atoms with Gasteiger partial charge in [-0.1, -0.05) is 0 Å². The Kier molecular flexibility index (Phi) is 4.49. The zero-order valence-electron chi connectivity index (χ0n) is 9.67. The molecule has 2 rings (SSSR count). The first-order valence-electron chi connectivity index (χ1n) is 6.21. The average molecular weight is 233 g/mol. The normalized spacial score (nSPS) is 26.4. The summed E-state index contributed by atoms with van der Waals surface area (Å²) in [4.78, 5) is 4.35. The van der Waals surface area contributed by atoms with Gasteiger partial charge in [-0.25, -0.2) is 8.78 Å². The Labute approximate surface area is 95.8 Å². The van der Waals surface area contributed by atoms with Crippen molar-refractivity contribution < 1.29 is 8.78 Å². The summed E-state index contributed by atoms with van der Waals surface area (Å²) in [6.07, 6.45) is 0.217. The van der Waals surface area contributed by atoms with Gasteiger partial charge >= 0.3 is 0 Å². The van der Waals surface area contributed by atoms with E-state index in [9.17, 15) is 8.78 Å². The third-order valence-corrected chi connectivity index (χ3v) is 3.63. The molecule has 5 heteroatoms. The summed E-state index contributed by atoms with van der Waals surface area (Å²) in [6, 6.07) is 0.676. The summed E-state index contributed by atoms with van der Waals surface area (Å²) in [5.41, 5.74) is 0. The molecule has 0 amide bonds. The molecular formula is C11H21F2N3. The molecule has 16 heavy (non-hydrogen) atoms. The molecule has 0 aliphatic carbocycles. The van der Waals surface area contributed by atoms with Crippen molar-refractivity contribution >= 4 is 0 Å². The van der Waals surface area contributed by atoms with Crippen LogP contribution >= 0.6 is 0 Å². The molecule has 2 aliphatic heterocycles. The standard InChI is InChI=1S/C11H21F2N3/c12-11(13)9-15-5-7-16(8-6-15)10-1-3-14-4-2-10/h10-11,14H,1-9H2. The fourth-order valence-corrected chi connectivity index (χ4v) is 2.68. The zero-order chi connectivity index (χ0) is 11.4. The summed E-state index contributed by atoms with van der Waals surface area (Å²) >= 11 is 0. The Bertz CT molecular complexity index is 199. The zero-order valence-corrected chi connectivity index (χ0v) is 9.67. The van der Waals surface area contributed by atoms with E-state index in [2.05, 4.69) is 10.2 Å². The van der Waals surface area contributed by atoms with Gasteiger partial charge < -0.3 is 5.32 Å². The van der Waals surface area contributed by atoms with Crippen molar-refractivity contribution in [3.05, 3.63) is 0 Å². The van der Waals surface area contributed by atoms with Gasteiger partial charge in [0.1, 0.15) is 0 Å². The van der Waals surface area contributed by atoms with E-state index in [1.165, 1.54) is 12.8 Å². The number of hydrogen-bond acceptors (Lipinski definition) is 3. The van der Waals surface area contributed by atoms with Crippen LogP contribution in [0, 0.1) is 0 Å². The first-order valence-corrected chi connectivity index (χ1v) is 6.21. The molecule has 0 aromatic carbocycles. The Hall–Kier alpha value is -0.260. The van der Waals surface area contributed by atoms with Gasteiger partial charge in [-0.15, -0.1) is 0 Å². The van der Waals surface area contributed by atoms with Crippen molar-refractivity contribution in [2.75, 3.05) is 45.8 Å². The first kappa shape index (κ1) is 12.2. The third kappa shape index (κ3) is 3.37. The van der Waals surface area contributed by atoms with E-state index in [-0.39, 0.29) is 6.54 Å². The van der Waals surface area contributed by atoms with Gasteiger partial charge in [0.05, 0.1) is 6.54 Å². The van der Waals surface area contributed by atoms with Crippen LogP contribution in [0.25, 0.3) is 0 Å². The van der Waals surface area contributed by atoms with Crippen LogP contribution in [-0.4, -0.2) is 68.1 Å².